The van der Waals surface area contributed by atoms with Gasteiger partial charge in [-0.1, -0.05) is 18.5 Å². The van der Waals surface area contributed by atoms with Crippen LogP contribution in [0, 0.1) is 5.92 Å². The lowest BCUT2D eigenvalue weighted by Crippen LogP contribution is -2.21. The van der Waals surface area contributed by atoms with Gasteiger partial charge in [0.2, 0.25) is 0 Å². The summed E-state index contributed by atoms with van der Waals surface area (Å²) < 4.78 is 2.43. The molecule has 3 nitrogen and oxygen atoms in total. The Balaban J connectivity index is 1.91. The zero-order valence-corrected chi connectivity index (χ0v) is 11.8. The average molecular weight is 276 g/mol. The van der Waals surface area contributed by atoms with Crippen molar-refractivity contribution in [1.82, 2.24) is 14.9 Å². The van der Waals surface area contributed by atoms with E-state index in [0.29, 0.717) is 18.0 Å². The Kier molecular flexibility index (Phi) is 2.61. The van der Waals surface area contributed by atoms with Gasteiger partial charge in [0.15, 0.2) is 0 Å². The second-order valence-corrected chi connectivity index (χ2v) is 6.34. The van der Waals surface area contributed by atoms with Gasteiger partial charge in [-0.05, 0) is 49.9 Å². The first-order valence-electron chi connectivity index (χ1n) is 7.15. The van der Waals surface area contributed by atoms with E-state index in [-0.39, 0.29) is 0 Å². The molecule has 0 amide bonds. The van der Waals surface area contributed by atoms with Crippen LogP contribution in [0.1, 0.15) is 44.1 Å². The Hall–Kier alpha value is -1.06. The highest BCUT2D eigenvalue weighted by molar-refractivity contribution is 6.31. The molecule has 1 saturated heterocycles. The number of halogens is 1. The Labute approximate surface area is 118 Å². The summed E-state index contributed by atoms with van der Waals surface area (Å²) in [5, 5.41) is 4.40. The number of fused-ring (bicyclic) bond motifs is 1. The lowest BCUT2D eigenvalue weighted by atomic mass is 10.0. The van der Waals surface area contributed by atoms with Crippen molar-refractivity contribution in [2.75, 3.05) is 6.54 Å². The first-order chi connectivity index (χ1) is 9.24. The molecule has 0 spiro atoms. The standard InChI is InChI=1S/C15H18ClN3/c1-9-6-7-17-14(9)15-18-12-5-2-10(16)8-13(12)19(15)11-3-4-11/h2,5,8-9,11,14,17H,3-4,6-7H2,1H3. The third-order valence-electron chi connectivity index (χ3n) is 4.40. The van der Waals surface area contributed by atoms with Crippen LogP contribution < -0.4 is 5.32 Å². The molecule has 2 unspecified atom stereocenters. The van der Waals surface area contributed by atoms with Crippen LogP contribution in [-0.4, -0.2) is 16.1 Å². The van der Waals surface area contributed by atoms with E-state index >= 15 is 0 Å². The van der Waals surface area contributed by atoms with Crippen molar-refractivity contribution in [1.29, 1.82) is 0 Å². The van der Waals surface area contributed by atoms with Crippen molar-refractivity contribution >= 4 is 22.6 Å². The summed E-state index contributed by atoms with van der Waals surface area (Å²) in [4.78, 5) is 4.89. The van der Waals surface area contributed by atoms with Crippen molar-refractivity contribution in [3.63, 3.8) is 0 Å². The minimum atomic E-state index is 0.395. The molecule has 2 aliphatic rings. The number of aromatic nitrogens is 2. The van der Waals surface area contributed by atoms with Crippen LogP contribution >= 0.6 is 11.6 Å². The second-order valence-electron chi connectivity index (χ2n) is 5.90. The summed E-state index contributed by atoms with van der Waals surface area (Å²) in [6.07, 6.45) is 3.78. The Morgan fingerprint density at radius 2 is 2.16 bits per heavy atom. The summed E-state index contributed by atoms with van der Waals surface area (Å²) >= 11 is 6.16. The van der Waals surface area contributed by atoms with Crippen LogP contribution in [0.25, 0.3) is 11.0 Å². The molecule has 1 N–H and O–H groups in total. The third-order valence-corrected chi connectivity index (χ3v) is 4.64. The molecule has 2 fully saturated rings. The minimum Gasteiger partial charge on any atom is -0.323 e. The lowest BCUT2D eigenvalue weighted by Gasteiger charge is -2.17. The summed E-state index contributed by atoms with van der Waals surface area (Å²) in [5.41, 5.74) is 2.28. The number of rotatable bonds is 2. The van der Waals surface area contributed by atoms with Gasteiger partial charge in [0.05, 0.1) is 17.1 Å². The van der Waals surface area contributed by atoms with E-state index < -0.39 is 0 Å². The van der Waals surface area contributed by atoms with E-state index in [4.69, 9.17) is 16.6 Å². The molecule has 2 atom stereocenters. The maximum Gasteiger partial charge on any atom is 0.127 e. The molecule has 0 radical (unpaired) electrons. The SMILES string of the molecule is CC1CCNC1c1nc2ccc(Cl)cc2n1C1CC1. The first kappa shape index (κ1) is 11.7. The molecule has 2 heterocycles. The topological polar surface area (TPSA) is 29.9 Å². The van der Waals surface area contributed by atoms with Crippen LogP contribution in [0.2, 0.25) is 5.02 Å². The molecule has 4 heteroatoms. The highest BCUT2D eigenvalue weighted by atomic mass is 35.5. The molecular formula is C15H18ClN3. The van der Waals surface area contributed by atoms with E-state index in [0.717, 1.165) is 17.1 Å². The lowest BCUT2D eigenvalue weighted by molar-refractivity contribution is 0.460. The monoisotopic (exact) mass is 275 g/mol. The number of hydrogen-bond donors (Lipinski definition) is 1. The van der Waals surface area contributed by atoms with Crippen LogP contribution in [0.3, 0.4) is 0 Å². The molecule has 100 valence electrons. The molecule has 4 rings (SSSR count). The van der Waals surface area contributed by atoms with Gasteiger partial charge in [-0.15, -0.1) is 0 Å². The van der Waals surface area contributed by atoms with Gasteiger partial charge in [-0.25, -0.2) is 4.98 Å². The summed E-state index contributed by atoms with van der Waals surface area (Å²) in [6, 6.07) is 7.06. The highest BCUT2D eigenvalue weighted by Gasteiger charge is 2.34. The third kappa shape index (κ3) is 1.87. The van der Waals surface area contributed by atoms with Crippen LogP contribution in [0.5, 0.6) is 0 Å². The molecule has 1 saturated carbocycles. The number of hydrogen-bond acceptors (Lipinski definition) is 2. The van der Waals surface area contributed by atoms with Gasteiger partial charge in [-0.2, -0.15) is 0 Å². The van der Waals surface area contributed by atoms with Gasteiger partial charge < -0.3 is 9.88 Å². The number of nitrogens with one attached hydrogen (secondary N) is 1. The van der Waals surface area contributed by atoms with Crippen molar-refractivity contribution in [3.05, 3.63) is 29.0 Å². The van der Waals surface area contributed by atoms with Crippen molar-refractivity contribution < 1.29 is 0 Å². The number of benzene rings is 1. The van der Waals surface area contributed by atoms with Crippen molar-refractivity contribution in [3.8, 4) is 0 Å². The van der Waals surface area contributed by atoms with E-state index in [9.17, 15) is 0 Å². The van der Waals surface area contributed by atoms with Gasteiger partial charge in [0.25, 0.3) is 0 Å². The molecule has 1 aliphatic heterocycles. The molecular weight excluding hydrogens is 258 g/mol. The van der Waals surface area contributed by atoms with Crippen molar-refractivity contribution in [2.24, 2.45) is 5.92 Å². The Morgan fingerprint density at radius 1 is 1.32 bits per heavy atom. The maximum absolute atomic E-state index is 6.16. The molecule has 1 aromatic carbocycles. The normalized spacial score (nSPS) is 27.3. The highest BCUT2D eigenvalue weighted by Crippen LogP contribution is 2.42. The molecule has 1 aliphatic carbocycles. The predicted octanol–water partition coefficient (Wildman–Crippen LogP) is 3.70. The first-order valence-corrected chi connectivity index (χ1v) is 7.52. The molecule has 2 aromatic rings. The summed E-state index contributed by atoms with van der Waals surface area (Å²) in [7, 11) is 0. The quantitative estimate of drug-likeness (QED) is 0.906. The smallest absolute Gasteiger partial charge is 0.127 e. The molecule has 1 aromatic heterocycles. The Morgan fingerprint density at radius 3 is 2.84 bits per heavy atom. The maximum atomic E-state index is 6.16. The van der Waals surface area contributed by atoms with Gasteiger partial charge >= 0.3 is 0 Å². The van der Waals surface area contributed by atoms with Gasteiger partial charge in [-0.3, -0.25) is 0 Å². The van der Waals surface area contributed by atoms with E-state index in [1.165, 1.54) is 30.6 Å². The summed E-state index contributed by atoms with van der Waals surface area (Å²) in [6.45, 7) is 3.41. The van der Waals surface area contributed by atoms with Gasteiger partial charge in [0.1, 0.15) is 5.82 Å². The molecule has 19 heavy (non-hydrogen) atoms. The van der Waals surface area contributed by atoms with Crippen LogP contribution in [0.15, 0.2) is 18.2 Å². The predicted molar refractivity (Wildman–Crippen MR) is 77.5 cm³/mol. The Bertz CT molecular complexity index is 630. The fourth-order valence-electron chi connectivity index (χ4n) is 3.20. The fourth-order valence-corrected chi connectivity index (χ4v) is 3.37. The fraction of sp³-hybridized carbons (Fsp3) is 0.533. The zero-order valence-electron chi connectivity index (χ0n) is 11.1. The van der Waals surface area contributed by atoms with E-state index in [1.807, 2.05) is 12.1 Å². The second kappa shape index (κ2) is 4.22. The van der Waals surface area contributed by atoms with E-state index in [2.05, 4.69) is 22.9 Å². The molecule has 0 bridgehead atoms. The summed E-state index contributed by atoms with van der Waals surface area (Å²) in [5.74, 6) is 1.87. The average Bonchev–Trinajstić information content (AvgIpc) is 3.03. The van der Waals surface area contributed by atoms with Crippen LogP contribution in [-0.2, 0) is 0 Å². The minimum absolute atomic E-state index is 0.395. The zero-order chi connectivity index (χ0) is 13.0. The number of imidazole rings is 1. The van der Waals surface area contributed by atoms with Crippen molar-refractivity contribution in [2.45, 2.75) is 38.3 Å². The van der Waals surface area contributed by atoms with Gasteiger partial charge in [0, 0.05) is 11.1 Å². The van der Waals surface area contributed by atoms with E-state index in [1.54, 1.807) is 0 Å². The largest absolute Gasteiger partial charge is 0.323 e. The van der Waals surface area contributed by atoms with Crippen LogP contribution in [0.4, 0.5) is 0 Å². The number of nitrogens with zero attached hydrogens (tertiary/aromatic N) is 2.